The van der Waals surface area contributed by atoms with Crippen molar-refractivity contribution in [2.24, 2.45) is 0 Å². The third kappa shape index (κ3) is 3.12. The van der Waals surface area contributed by atoms with Gasteiger partial charge in [0.25, 0.3) is 0 Å². The topological polar surface area (TPSA) is 55.6 Å². The van der Waals surface area contributed by atoms with E-state index in [0.29, 0.717) is 11.6 Å². The predicted molar refractivity (Wildman–Crippen MR) is 94.3 cm³/mol. The summed E-state index contributed by atoms with van der Waals surface area (Å²) in [6.07, 6.45) is 6.40. The molecular formula is C19H20FN5. The number of nitrogens with zero attached hydrogens (tertiary/aromatic N) is 4. The molecule has 1 atom stereocenters. The minimum atomic E-state index is -0.199. The summed E-state index contributed by atoms with van der Waals surface area (Å²) in [6, 6.07) is 7.09. The average Bonchev–Trinajstić information content (AvgIpc) is 2.94. The summed E-state index contributed by atoms with van der Waals surface area (Å²) in [4.78, 5) is 8.93. The number of rotatable bonds is 3. The number of halogens is 1. The van der Waals surface area contributed by atoms with Gasteiger partial charge in [0, 0.05) is 5.69 Å². The summed E-state index contributed by atoms with van der Waals surface area (Å²) in [6.45, 7) is 3.94. The number of aryl methyl sites for hydroxylation is 3. The van der Waals surface area contributed by atoms with Crippen LogP contribution >= 0.6 is 0 Å². The molecule has 0 fully saturated rings. The molecule has 1 aliphatic rings. The lowest BCUT2D eigenvalue weighted by atomic mass is 9.87. The number of hydrogen-bond acceptors (Lipinski definition) is 4. The van der Waals surface area contributed by atoms with Crippen LogP contribution in [0.1, 0.15) is 41.4 Å². The minimum absolute atomic E-state index is 0.0458. The highest BCUT2D eigenvalue weighted by molar-refractivity contribution is 5.43. The van der Waals surface area contributed by atoms with Gasteiger partial charge in [-0.2, -0.15) is 5.10 Å². The fourth-order valence-corrected chi connectivity index (χ4v) is 3.49. The molecule has 128 valence electrons. The van der Waals surface area contributed by atoms with E-state index in [0.717, 1.165) is 36.2 Å². The first-order valence-corrected chi connectivity index (χ1v) is 8.51. The molecular weight excluding hydrogens is 317 g/mol. The second-order valence-electron chi connectivity index (χ2n) is 6.53. The molecule has 25 heavy (non-hydrogen) atoms. The molecule has 0 aliphatic heterocycles. The van der Waals surface area contributed by atoms with E-state index in [-0.39, 0.29) is 11.9 Å². The van der Waals surface area contributed by atoms with Gasteiger partial charge in [0.1, 0.15) is 11.6 Å². The highest BCUT2D eigenvalue weighted by atomic mass is 19.1. The monoisotopic (exact) mass is 337 g/mol. The molecule has 0 radical (unpaired) electrons. The van der Waals surface area contributed by atoms with E-state index in [4.69, 9.17) is 0 Å². The highest BCUT2D eigenvalue weighted by Crippen LogP contribution is 2.32. The molecule has 2 heterocycles. The van der Waals surface area contributed by atoms with Gasteiger partial charge in [-0.15, -0.1) is 0 Å². The maximum atomic E-state index is 13.7. The lowest BCUT2D eigenvalue weighted by molar-refractivity contribution is 0.578. The minimum Gasteiger partial charge on any atom is -0.362 e. The van der Waals surface area contributed by atoms with E-state index >= 15 is 0 Å². The van der Waals surface area contributed by atoms with Crippen LogP contribution in [-0.4, -0.2) is 19.7 Å². The molecule has 1 N–H and O–H groups in total. The Balaban J connectivity index is 1.64. The van der Waals surface area contributed by atoms with E-state index in [2.05, 4.69) is 20.4 Å². The fourth-order valence-electron chi connectivity index (χ4n) is 3.49. The van der Waals surface area contributed by atoms with Crippen molar-refractivity contribution in [2.75, 3.05) is 5.32 Å². The number of hydrogen-bond donors (Lipinski definition) is 1. The smallest absolute Gasteiger partial charge is 0.174 e. The van der Waals surface area contributed by atoms with Crippen molar-refractivity contribution >= 4 is 5.82 Å². The number of fused-ring (bicyclic) bond motifs is 1. The van der Waals surface area contributed by atoms with Crippen molar-refractivity contribution in [3.05, 3.63) is 65.0 Å². The van der Waals surface area contributed by atoms with Crippen LogP contribution in [-0.2, 0) is 6.42 Å². The largest absolute Gasteiger partial charge is 0.362 e. The van der Waals surface area contributed by atoms with Gasteiger partial charge < -0.3 is 5.32 Å². The molecule has 0 saturated carbocycles. The number of anilines is 1. The van der Waals surface area contributed by atoms with Crippen molar-refractivity contribution in [1.29, 1.82) is 0 Å². The van der Waals surface area contributed by atoms with Crippen LogP contribution in [0.15, 0.2) is 36.7 Å². The normalized spacial score (nSPS) is 16.5. The summed E-state index contributed by atoms with van der Waals surface area (Å²) in [7, 11) is 0. The van der Waals surface area contributed by atoms with Crippen molar-refractivity contribution < 1.29 is 4.39 Å². The molecule has 0 spiro atoms. The lowest BCUT2D eigenvalue weighted by Crippen LogP contribution is -2.19. The third-order valence-electron chi connectivity index (χ3n) is 4.59. The summed E-state index contributed by atoms with van der Waals surface area (Å²) in [5.74, 6) is 1.15. The molecule has 0 amide bonds. The van der Waals surface area contributed by atoms with E-state index in [1.54, 1.807) is 23.1 Å². The first-order chi connectivity index (χ1) is 12.1. The molecule has 1 aliphatic carbocycles. The first kappa shape index (κ1) is 15.7. The average molecular weight is 337 g/mol. The summed E-state index contributed by atoms with van der Waals surface area (Å²) < 4.78 is 15.5. The second-order valence-corrected chi connectivity index (χ2v) is 6.53. The summed E-state index contributed by atoms with van der Waals surface area (Å²) >= 11 is 0. The molecule has 2 aromatic heterocycles. The van der Waals surface area contributed by atoms with Gasteiger partial charge in [-0.25, -0.2) is 14.1 Å². The Morgan fingerprint density at radius 1 is 1.20 bits per heavy atom. The van der Waals surface area contributed by atoms with Gasteiger partial charge in [-0.3, -0.25) is 4.98 Å². The standard InChI is InChI=1S/C19H20FN5/c1-12-8-13(2)25(24-12)19-11-21-10-18(23-19)22-17-5-3-4-14-6-7-15(20)9-16(14)17/h6-11,17H,3-5H2,1-2H3,(H,22,23). The Morgan fingerprint density at radius 2 is 2.08 bits per heavy atom. The predicted octanol–water partition coefficient (Wildman–Crippen LogP) is 3.91. The van der Waals surface area contributed by atoms with Gasteiger partial charge in [0.05, 0.1) is 24.1 Å². The maximum Gasteiger partial charge on any atom is 0.174 e. The molecule has 3 aromatic rings. The van der Waals surface area contributed by atoms with E-state index in [1.165, 1.54) is 11.6 Å². The van der Waals surface area contributed by atoms with Crippen molar-refractivity contribution in [3.8, 4) is 5.82 Å². The zero-order valence-corrected chi connectivity index (χ0v) is 14.3. The Hall–Kier alpha value is -2.76. The first-order valence-electron chi connectivity index (χ1n) is 8.51. The summed E-state index contributed by atoms with van der Waals surface area (Å²) in [5.41, 5.74) is 4.17. The van der Waals surface area contributed by atoms with Crippen LogP contribution in [0.3, 0.4) is 0 Å². The molecule has 0 bridgehead atoms. The van der Waals surface area contributed by atoms with Crippen LogP contribution in [0, 0.1) is 19.7 Å². The Labute approximate surface area is 145 Å². The van der Waals surface area contributed by atoms with Crippen molar-refractivity contribution in [1.82, 2.24) is 19.7 Å². The molecule has 4 rings (SSSR count). The van der Waals surface area contributed by atoms with Crippen molar-refractivity contribution in [2.45, 2.75) is 39.2 Å². The molecule has 6 heteroatoms. The Bertz CT molecular complexity index is 918. The summed E-state index contributed by atoms with van der Waals surface area (Å²) in [5, 5.41) is 7.87. The second kappa shape index (κ2) is 6.27. The number of aromatic nitrogens is 4. The highest BCUT2D eigenvalue weighted by Gasteiger charge is 2.21. The van der Waals surface area contributed by atoms with E-state index < -0.39 is 0 Å². The van der Waals surface area contributed by atoms with Crippen LogP contribution in [0.25, 0.3) is 5.82 Å². The molecule has 1 unspecified atom stereocenters. The number of nitrogens with one attached hydrogen (secondary N) is 1. The number of benzene rings is 1. The van der Waals surface area contributed by atoms with Gasteiger partial charge in [0.2, 0.25) is 0 Å². The van der Waals surface area contributed by atoms with Crippen LogP contribution < -0.4 is 5.32 Å². The van der Waals surface area contributed by atoms with Crippen molar-refractivity contribution in [3.63, 3.8) is 0 Å². The van der Waals surface area contributed by atoms with Gasteiger partial charge >= 0.3 is 0 Å². The van der Waals surface area contributed by atoms with Crippen LogP contribution in [0.2, 0.25) is 0 Å². The third-order valence-corrected chi connectivity index (χ3v) is 4.59. The zero-order chi connectivity index (χ0) is 17.4. The zero-order valence-electron chi connectivity index (χ0n) is 14.3. The van der Waals surface area contributed by atoms with Gasteiger partial charge in [-0.1, -0.05) is 6.07 Å². The van der Waals surface area contributed by atoms with E-state index in [9.17, 15) is 4.39 Å². The molecule has 0 saturated heterocycles. The van der Waals surface area contributed by atoms with E-state index in [1.807, 2.05) is 26.0 Å². The van der Waals surface area contributed by atoms with Gasteiger partial charge in [0.15, 0.2) is 5.82 Å². The maximum absolute atomic E-state index is 13.7. The molecule has 1 aromatic carbocycles. The Kier molecular flexibility index (Phi) is 3.95. The lowest BCUT2D eigenvalue weighted by Gasteiger charge is -2.26. The quantitative estimate of drug-likeness (QED) is 0.787. The van der Waals surface area contributed by atoms with Gasteiger partial charge in [-0.05, 0) is 62.4 Å². The molecule has 5 nitrogen and oxygen atoms in total. The Morgan fingerprint density at radius 3 is 2.88 bits per heavy atom. The van der Waals surface area contributed by atoms with Crippen LogP contribution in [0.5, 0.6) is 0 Å². The SMILES string of the molecule is Cc1cc(C)n(-c2cncc(NC3CCCc4ccc(F)cc43)n2)n1. The fraction of sp³-hybridized carbons (Fsp3) is 0.316. The van der Waals surface area contributed by atoms with Crippen LogP contribution in [0.4, 0.5) is 10.2 Å².